The second kappa shape index (κ2) is 7.13. The fourth-order valence-electron chi connectivity index (χ4n) is 4.12. The molecule has 0 bridgehead atoms. The number of nitrogens with zero attached hydrogens (tertiary/aromatic N) is 1. The molecule has 6 nitrogen and oxygen atoms in total. The maximum atomic E-state index is 13.2. The fourth-order valence-corrected chi connectivity index (χ4v) is 4.12. The minimum atomic E-state index is -1.15. The van der Waals surface area contributed by atoms with E-state index >= 15 is 0 Å². The number of benzene rings is 2. The highest BCUT2D eigenvalue weighted by Gasteiger charge is 2.48. The molecule has 0 saturated carbocycles. The van der Waals surface area contributed by atoms with Crippen LogP contribution < -0.4 is 10.9 Å². The minimum absolute atomic E-state index is 0.00418. The Kier molecular flexibility index (Phi) is 4.73. The number of carbonyl (C=O) groups is 2. The summed E-state index contributed by atoms with van der Waals surface area (Å²) in [6, 6.07) is 13.8. The number of urea groups is 1. The first-order valence-electron chi connectivity index (χ1n) is 9.97. The molecule has 30 heavy (non-hydrogen) atoms. The van der Waals surface area contributed by atoms with E-state index in [0.717, 1.165) is 21.4 Å². The third-order valence-electron chi connectivity index (χ3n) is 5.79. The van der Waals surface area contributed by atoms with Gasteiger partial charge in [-0.1, -0.05) is 44.2 Å². The first kappa shape index (κ1) is 19.9. The summed E-state index contributed by atoms with van der Waals surface area (Å²) in [7, 11) is 0. The quantitative estimate of drug-likeness (QED) is 0.522. The van der Waals surface area contributed by atoms with E-state index in [-0.39, 0.29) is 18.4 Å². The molecular formula is C24H24N2O4. The van der Waals surface area contributed by atoms with Gasteiger partial charge in [0.25, 0.3) is 5.91 Å². The van der Waals surface area contributed by atoms with Gasteiger partial charge in [-0.15, -0.1) is 0 Å². The first-order valence-corrected chi connectivity index (χ1v) is 9.97. The molecule has 1 atom stereocenters. The van der Waals surface area contributed by atoms with E-state index in [1.54, 1.807) is 6.92 Å². The monoisotopic (exact) mass is 404 g/mol. The van der Waals surface area contributed by atoms with E-state index in [0.29, 0.717) is 16.7 Å². The van der Waals surface area contributed by atoms with Gasteiger partial charge in [0.05, 0.1) is 6.54 Å². The largest absolute Gasteiger partial charge is 0.423 e. The minimum Gasteiger partial charge on any atom is -0.423 e. The third kappa shape index (κ3) is 3.18. The number of fused-ring (bicyclic) bond motifs is 1. The highest BCUT2D eigenvalue weighted by atomic mass is 16.4. The van der Waals surface area contributed by atoms with Crippen molar-refractivity contribution in [3.8, 4) is 0 Å². The van der Waals surface area contributed by atoms with Crippen LogP contribution in [-0.4, -0.2) is 16.8 Å². The first-order chi connectivity index (χ1) is 14.2. The zero-order valence-electron chi connectivity index (χ0n) is 17.5. The number of carbonyl (C=O) groups excluding carboxylic acids is 2. The maximum Gasteiger partial charge on any atom is 0.336 e. The summed E-state index contributed by atoms with van der Waals surface area (Å²) in [6.07, 6.45) is 0. The number of amides is 3. The van der Waals surface area contributed by atoms with Gasteiger partial charge in [-0.05, 0) is 54.2 Å². The third-order valence-corrected chi connectivity index (χ3v) is 5.79. The summed E-state index contributed by atoms with van der Waals surface area (Å²) >= 11 is 0. The van der Waals surface area contributed by atoms with E-state index in [2.05, 4.69) is 19.2 Å². The Morgan fingerprint density at radius 2 is 1.77 bits per heavy atom. The molecule has 2 heterocycles. The van der Waals surface area contributed by atoms with Crippen molar-refractivity contribution in [2.75, 3.05) is 0 Å². The van der Waals surface area contributed by atoms with Gasteiger partial charge in [0.2, 0.25) is 0 Å². The second-order valence-corrected chi connectivity index (χ2v) is 8.26. The topological polar surface area (TPSA) is 79.6 Å². The molecule has 1 aliphatic rings. The van der Waals surface area contributed by atoms with Crippen molar-refractivity contribution in [3.05, 3.63) is 81.2 Å². The van der Waals surface area contributed by atoms with Crippen LogP contribution in [0.1, 0.15) is 48.9 Å². The summed E-state index contributed by atoms with van der Waals surface area (Å²) in [4.78, 5) is 39.3. The van der Waals surface area contributed by atoms with Crippen LogP contribution in [0, 0.1) is 6.92 Å². The summed E-state index contributed by atoms with van der Waals surface area (Å²) in [5.41, 5.74) is 2.26. The normalized spacial score (nSPS) is 19.0. The van der Waals surface area contributed by atoms with Gasteiger partial charge in [-0.3, -0.25) is 9.69 Å². The van der Waals surface area contributed by atoms with Crippen molar-refractivity contribution in [1.82, 2.24) is 10.2 Å². The van der Waals surface area contributed by atoms with Crippen LogP contribution in [0.4, 0.5) is 4.79 Å². The van der Waals surface area contributed by atoms with Crippen LogP contribution >= 0.6 is 0 Å². The predicted molar refractivity (Wildman–Crippen MR) is 114 cm³/mol. The van der Waals surface area contributed by atoms with Gasteiger partial charge in [0.15, 0.2) is 0 Å². The van der Waals surface area contributed by atoms with Crippen molar-refractivity contribution in [3.63, 3.8) is 0 Å². The molecule has 154 valence electrons. The van der Waals surface area contributed by atoms with Crippen molar-refractivity contribution in [2.45, 2.75) is 45.7 Å². The van der Waals surface area contributed by atoms with Crippen LogP contribution in [0.5, 0.6) is 0 Å². The van der Waals surface area contributed by atoms with Crippen LogP contribution in [0.2, 0.25) is 0 Å². The number of hydrogen-bond donors (Lipinski definition) is 1. The van der Waals surface area contributed by atoms with E-state index in [9.17, 15) is 14.4 Å². The summed E-state index contributed by atoms with van der Waals surface area (Å²) < 4.78 is 5.39. The summed E-state index contributed by atoms with van der Waals surface area (Å²) in [5, 5.41) is 3.54. The Labute approximate surface area is 174 Å². The number of imide groups is 1. The average molecular weight is 404 g/mol. The lowest BCUT2D eigenvalue weighted by molar-refractivity contribution is -0.131. The van der Waals surface area contributed by atoms with Gasteiger partial charge in [0.1, 0.15) is 11.1 Å². The lowest BCUT2D eigenvalue weighted by atomic mass is 9.92. The molecule has 0 unspecified atom stereocenters. The van der Waals surface area contributed by atoms with Gasteiger partial charge < -0.3 is 9.73 Å². The van der Waals surface area contributed by atoms with E-state index < -0.39 is 17.2 Å². The van der Waals surface area contributed by atoms with E-state index in [4.69, 9.17) is 4.42 Å². The molecule has 2 aromatic carbocycles. The van der Waals surface area contributed by atoms with Gasteiger partial charge >= 0.3 is 11.7 Å². The van der Waals surface area contributed by atoms with Gasteiger partial charge in [-0.25, -0.2) is 9.59 Å². The van der Waals surface area contributed by atoms with Crippen LogP contribution in [0.3, 0.4) is 0 Å². The predicted octanol–water partition coefficient (Wildman–Crippen LogP) is 4.19. The molecule has 0 aliphatic carbocycles. The van der Waals surface area contributed by atoms with Crippen molar-refractivity contribution in [2.24, 2.45) is 0 Å². The Bertz CT molecular complexity index is 1210. The highest BCUT2D eigenvalue weighted by Crippen LogP contribution is 2.32. The molecule has 1 aromatic heterocycles. The molecule has 1 saturated heterocycles. The van der Waals surface area contributed by atoms with Crippen LogP contribution in [0.15, 0.2) is 57.7 Å². The van der Waals surface area contributed by atoms with Crippen molar-refractivity contribution in [1.29, 1.82) is 0 Å². The molecule has 1 fully saturated rings. The molecule has 1 N–H and O–H groups in total. The molecule has 0 radical (unpaired) electrons. The average Bonchev–Trinajstić information content (AvgIpc) is 2.91. The number of hydrogen-bond acceptors (Lipinski definition) is 4. The van der Waals surface area contributed by atoms with Crippen LogP contribution in [0.25, 0.3) is 11.0 Å². The van der Waals surface area contributed by atoms with E-state index in [1.807, 2.05) is 49.4 Å². The van der Waals surface area contributed by atoms with Crippen molar-refractivity contribution < 1.29 is 14.0 Å². The molecule has 1 aliphatic heterocycles. The molecule has 3 aromatic rings. The summed E-state index contributed by atoms with van der Waals surface area (Å²) in [6.45, 7) is 7.85. The SMILES string of the molecule is Cc1cc2oc(=O)cc(CN3C(=O)N[C@](C)(c4ccccc4)C3=O)c2cc1C(C)C. The maximum absolute atomic E-state index is 13.2. The zero-order chi connectivity index (χ0) is 21.6. The number of nitrogens with one attached hydrogen (secondary N) is 1. The molecule has 6 heteroatoms. The number of rotatable bonds is 4. The van der Waals surface area contributed by atoms with Gasteiger partial charge in [0, 0.05) is 11.5 Å². The second-order valence-electron chi connectivity index (χ2n) is 8.26. The smallest absolute Gasteiger partial charge is 0.336 e. The van der Waals surface area contributed by atoms with E-state index in [1.165, 1.54) is 6.07 Å². The standard InChI is InChI=1S/C24H24N2O4/c1-14(2)18-12-19-16(11-21(27)30-20(19)10-15(18)3)13-26-22(28)24(4,25-23(26)29)17-8-6-5-7-9-17/h5-12,14H,13H2,1-4H3,(H,25,29)/t24-/m1/s1. The Balaban J connectivity index is 1.77. The highest BCUT2D eigenvalue weighted by molar-refractivity contribution is 6.07. The van der Waals surface area contributed by atoms with Crippen LogP contribution in [-0.2, 0) is 16.9 Å². The Morgan fingerprint density at radius 3 is 2.43 bits per heavy atom. The van der Waals surface area contributed by atoms with Gasteiger partial charge in [-0.2, -0.15) is 0 Å². The fraction of sp³-hybridized carbons (Fsp3) is 0.292. The zero-order valence-corrected chi connectivity index (χ0v) is 17.5. The summed E-state index contributed by atoms with van der Waals surface area (Å²) in [5.74, 6) is -0.0662. The molecule has 3 amide bonds. The lowest BCUT2D eigenvalue weighted by Crippen LogP contribution is -2.40. The van der Waals surface area contributed by atoms with Crippen molar-refractivity contribution >= 4 is 22.9 Å². The Morgan fingerprint density at radius 1 is 1.07 bits per heavy atom. The molecule has 4 rings (SSSR count). The number of aryl methyl sites for hydroxylation is 1. The molecule has 0 spiro atoms. The Hall–Kier alpha value is -3.41. The lowest BCUT2D eigenvalue weighted by Gasteiger charge is -2.22. The molecular weight excluding hydrogens is 380 g/mol.